The summed E-state index contributed by atoms with van der Waals surface area (Å²) in [4.78, 5) is 26.2. The molecule has 0 saturated heterocycles. The highest BCUT2D eigenvalue weighted by atomic mass is 16.6. The quantitative estimate of drug-likeness (QED) is 0.734. The Balaban J connectivity index is 4.49. The number of ether oxygens (including phenoxy) is 1. The van der Waals surface area contributed by atoms with Crippen molar-refractivity contribution >= 4 is 12.0 Å². The Kier molecular flexibility index (Phi) is 5.44. The van der Waals surface area contributed by atoms with Gasteiger partial charge in [-0.25, -0.2) is 9.69 Å². The van der Waals surface area contributed by atoms with E-state index < -0.39 is 11.7 Å². The molecule has 0 aromatic rings. The molecular formula is C11H22N2O3. The average Bonchev–Trinajstić information content (AvgIpc) is 1.99. The van der Waals surface area contributed by atoms with Gasteiger partial charge in [-0.2, -0.15) is 0 Å². The minimum absolute atomic E-state index is 0.201. The van der Waals surface area contributed by atoms with E-state index in [1.807, 2.05) is 0 Å². The molecule has 0 unspecified atom stereocenters. The van der Waals surface area contributed by atoms with Crippen LogP contribution in [-0.4, -0.2) is 54.6 Å². The van der Waals surface area contributed by atoms with Gasteiger partial charge >= 0.3 is 6.09 Å². The Bertz CT molecular complexity index is 256. The maximum Gasteiger partial charge on any atom is 0.417 e. The van der Waals surface area contributed by atoms with E-state index in [9.17, 15) is 9.59 Å². The van der Waals surface area contributed by atoms with Crippen molar-refractivity contribution in [3.63, 3.8) is 0 Å². The average molecular weight is 230 g/mol. The molecule has 0 saturated carbocycles. The Morgan fingerprint density at radius 3 is 2.00 bits per heavy atom. The summed E-state index contributed by atoms with van der Waals surface area (Å²) in [6.45, 7) is 7.59. The fourth-order valence-corrected chi connectivity index (χ4v) is 1.08. The standard InChI is InChI=1S/C11H22N2O3/c1-7-13(9(14)8-12(5)6)10(15)16-11(2,3)4/h7-8H2,1-6H3. The van der Waals surface area contributed by atoms with Gasteiger partial charge in [0, 0.05) is 6.54 Å². The van der Waals surface area contributed by atoms with E-state index in [1.54, 1.807) is 46.7 Å². The first-order chi connectivity index (χ1) is 7.17. The van der Waals surface area contributed by atoms with Crippen molar-refractivity contribution in [3.05, 3.63) is 0 Å². The van der Waals surface area contributed by atoms with E-state index in [2.05, 4.69) is 0 Å². The molecule has 94 valence electrons. The van der Waals surface area contributed by atoms with Crippen LogP contribution in [0.1, 0.15) is 27.7 Å². The van der Waals surface area contributed by atoms with Crippen LogP contribution in [0.15, 0.2) is 0 Å². The van der Waals surface area contributed by atoms with Gasteiger partial charge in [0.1, 0.15) is 5.60 Å². The number of rotatable bonds is 3. The molecule has 0 heterocycles. The molecule has 0 aromatic heterocycles. The van der Waals surface area contributed by atoms with Crippen molar-refractivity contribution < 1.29 is 14.3 Å². The van der Waals surface area contributed by atoms with E-state index in [-0.39, 0.29) is 12.5 Å². The second-order valence-electron chi connectivity index (χ2n) is 4.86. The van der Waals surface area contributed by atoms with Crippen LogP contribution in [0.3, 0.4) is 0 Å². The van der Waals surface area contributed by atoms with Crippen molar-refractivity contribution in [2.45, 2.75) is 33.3 Å². The van der Waals surface area contributed by atoms with Crippen LogP contribution in [0.5, 0.6) is 0 Å². The smallest absolute Gasteiger partial charge is 0.417 e. The summed E-state index contributed by atoms with van der Waals surface area (Å²) in [5.74, 6) is -0.248. The molecule has 2 amide bonds. The summed E-state index contributed by atoms with van der Waals surface area (Å²) in [6.07, 6.45) is -0.582. The number of carbonyl (C=O) groups excluding carboxylic acids is 2. The van der Waals surface area contributed by atoms with Crippen LogP contribution in [0.2, 0.25) is 0 Å². The molecule has 0 rings (SSSR count). The van der Waals surface area contributed by atoms with Gasteiger partial charge in [0.2, 0.25) is 5.91 Å². The first-order valence-corrected chi connectivity index (χ1v) is 5.35. The SMILES string of the molecule is CCN(C(=O)CN(C)C)C(=O)OC(C)(C)C. The molecule has 0 aliphatic heterocycles. The molecule has 0 N–H and O–H groups in total. The van der Waals surface area contributed by atoms with Gasteiger partial charge in [-0.3, -0.25) is 4.79 Å². The van der Waals surface area contributed by atoms with E-state index in [0.29, 0.717) is 6.54 Å². The second kappa shape index (κ2) is 5.84. The number of imide groups is 1. The molecule has 0 atom stereocenters. The first kappa shape index (κ1) is 14.9. The monoisotopic (exact) mass is 230 g/mol. The Labute approximate surface area is 97.3 Å². The Morgan fingerprint density at radius 2 is 1.69 bits per heavy atom. The zero-order valence-corrected chi connectivity index (χ0v) is 11.0. The predicted molar refractivity (Wildman–Crippen MR) is 62.2 cm³/mol. The number of carbonyl (C=O) groups is 2. The van der Waals surface area contributed by atoms with Crippen LogP contribution in [0.25, 0.3) is 0 Å². The normalized spacial score (nSPS) is 11.4. The molecule has 16 heavy (non-hydrogen) atoms. The van der Waals surface area contributed by atoms with Crippen LogP contribution in [0, 0.1) is 0 Å². The largest absolute Gasteiger partial charge is 0.443 e. The fraction of sp³-hybridized carbons (Fsp3) is 0.818. The van der Waals surface area contributed by atoms with Gasteiger partial charge in [0.05, 0.1) is 6.54 Å². The molecule has 0 aliphatic rings. The van der Waals surface area contributed by atoms with E-state index in [4.69, 9.17) is 4.74 Å². The lowest BCUT2D eigenvalue weighted by Gasteiger charge is -2.26. The number of likely N-dealkylation sites (N-methyl/N-ethyl adjacent to an activating group) is 2. The van der Waals surface area contributed by atoms with E-state index in [0.717, 1.165) is 4.90 Å². The minimum atomic E-state index is -0.582. The highest BCUT2D eigenvalue weighted by molar-refractivity contribution is 5.93. The van der Waals surface area contributed by atoms with Crippen LogP contribution < -0.4 is 0 Å². The number of amides is 2. The summed E-state index contributed by atoms with van der Waals surface area (Å²) >= 11 is 0. The van der Waals surface area contributed by atoms with E-state index >= 15 is 0 Å². The lowest BCUT2D eigenvalue weighted by atomic mass is 10.2. The predicted octanol–water partition coefficient (Wildman–Crippen LogP) is 1.33. The minimum Gasteiger partial charge on any atom is -0.443 e. The molecule has 0 spiro atoms. The Morgan fingerprint density at radius 1 is 1.19 bits per heavy atom. The summed E-state index contributed by atoms with van der Waals surface area (Å²) in [7, 11) is 3.56. The fourth-order valence-electron chi connectivity index (χ4n) is 1.08. The number of nitrogens with zero attached hydrogens (tertiary/aromatic N) is 2. The van der Waals surface area contributed by atoms with Crippen molar-refractivity contribution in [1.82, 2.24) is 9.80 Å². The van der Waals surface area contributed by atoms with Crippen LogP contribution in [-0.2, 0) is 9.53 Å². The summed E-state index contributed by atoms with van der Waals surface area (Å²) in [6, 6.07) is 0. The van der Waals surface area contributed by atoms with Crippen LogP contribution in [0.4, 0.5) is 4.79 Å². The summed E-state index contributed by atoms with van der Waals surface area (Å²) in [5, 5.41) is 0. The maximum absolute atomic E-state index is 11.7. The number of hydrogen-bond donors (Lipinski definition) is 0. The molecule has 5 heteroatoms. The van der Waals surface area contributed by atoms with Gasteiger partial charge in [-0.05, 0) is 41.8 Å². The summed E-state index contributed by atoms with van der Waals surface area (Å²) in [5.41, 5.74) is -0.580. The van der Waals surface area contributed by atoms with Crippen molar-refractivity contribution in [2.75, 3.05) is 27.2 Å². The lowest BCUT2D eigenvalue weighted by molar-refractivity contribution is -0.130. The molecule has 0 aromatic carbocycles. The van der Waals surface area contributed by atoms with Crippen molar-refractivity contribution in [1.29, 1.82) is 0 Å². The van der Waals surface area contributed by atoms with Gasteiger partial charge in [0.15, 0.2) is 0 Å². The topological polar surface area (TPSA) is 49.9 Å². The van der Waals surface area contributed by atoms with Gasteiger partial charge in [-0.1, -0.05) is 0 Å². The molecule has 0 bridgehead atoms. The third-order valence-electron chi connectivity index (χ3n) is 1.68. The molecule has 0 radical (unpaired) electrons. The third-order valence-corrected chi connectivity index (χ3v) is 1.68. The highest BCUT2D eigenvalue weighted by Gasteiger charge is 2.25. The zero-order valence-electron chi connectivity index (χ0n) is 11.0. The van der Waals surface area contributed by atoms with Crippen LogP contribution >= 0.6 is 0 Å². The van der Waals surface area contributed by atoms with E-state index in [1.165, 1.54) is 0 Å². The second-order valence-corrected chi connectivity index (χ2v) is 4.86. The van der Waals surface area contributed by atoms with Gasteiger partial charge in [-0.15, -0.1) is 0 Å². The molecular weight excluding hydrogens is 208 g/mol. The molecule has 5 nitrogen and oxygen atoms in total. The van der Waals surface area contributed by atoms with Gasteiger partial charge < -0.3 is 9.64 Å². The Hall–Kier alpha value is -1.10. The van der Waals surface area contributed by atoms with Gasteiger partial charge in [0.25, 0.3) is 0 Å². The highest BCUT2D eigenvalue weighted by Crippen LogP contribution is 2.10. The molecule has 0 fully saturated rings. The molecule has 0 aliphatic carbocycles. The third kappa shape index (κ3) is 5.70. The van der Waals surface area contributed by atoms with Crippen molar-refractivity contribution in [3.8, 4) is 0 Å². The zero-order chi connectivity index (χ0) is 12.9. The lowest BCUT2D eigenvalue weighted by Crippen LogP contribution is -2.44. The maximum atomic E-state index is 11.7. The number of hydrogen-bond acceptors (Lipinski definition) is 4. The summed E-state index contributed by atoms with van der Waals surface area (Å²) < 4.78 is 5.14. The first-order valence-electron chi connectivity index (χ1n) is 5.35. The van der Waals surface area contributed by atoms with Crippen molar-refractivity contribution in [2.24, 2.45) is 0 Å².